The molecule has 4 rings (SSSR count). The largest absolute Gasteiger partial charge is 0.369 e. The molecule has 10 nitrogen and oxygen atoms in total. The van der Waals surface area contributed by atoms with Crippen molar-refractivity contribution in [3.8, 4) is 0 Å². The summed E-state index contributed by atoms with van der Waals surface area (Å²) in [5.74, 6) is 0.843. The Balaban J connectivity index is 1.33. The number of benzene rings is 1. The highest BCUT2D eigenvalue weighted by Crippen LogP contribution is 2.18. The van der Waals surface area contributed by atoms with Crippen LogP contribution in [0.5, 0.6) is 0 Å². The number of nitrogens with two attached hydrogens (primary N) is 1. The minimum absolute atomic E-state index is 0.0731. The fraction of sp³-hybridized carbons (Fsp3) is 0.586. The Bertz CT molecular complexity index is 1040. The van der Waals surface area contributed by atoms with Crippen LogP contribution in [0.15, 0.2) is 36.5 Å². The van der Waals surface area contributed by atoms with E-state index >= 15 is 0 Å². The van der Waals surface area contributed by atoms with Gasteiger partial charge in [0.2, 0.25) is 11.9 Å². The molecule has 0 unspecified atom stereocenters. The molecule has 1 atom stereocenters. The Labute approximate surface area is 231 Å². The second-order valence-electron chi connectivity index (χ2n) is 10.6. The van der Waals surface area contributed by atoms with Crippen molar-refractivity contribution in [3.63, 3.8) is 0 Å². The lowest BCUT2D eigenvalue weighted by Crippen LogP contribution is -2.44. The Morgan fingerprint density at radius 2 is 1.62 bits per heavy atom. The van der Waals surface area contributed by atoms with E-state index in [0.29, 0.717) is 36.8 Å². The number of hydrogen-bond donors (Lipinski definition) is 5. The summed E-state index contributed by atoms with van der Waals surface area (Å²) in [7, 11) is 0. The van der Waals surface area contributed by atoms with Crippen molar-refractivity contribution in [1.29, 1.82) is 0 Å². The van der Waals surface area contributed by atoms with E-state index in [1.54, 1.807) is 6.20 Å². The first kappa shape index (κ1) is 28.8. The summed E-state index contributed by atoms with van der Waals surface area (Å²) < 4.78 is 0. The van der Waals surface area contributed by atoms with Crippen molar-refractivity contribution in [2.75, 3.05) is 43.4 Å². The van der Waals surface area contributed by atoms with Gasteiger partial charge in [-0.3, -0.25) is 14.5 Å². The van der Waals surface area contributed by atoms with Crippen molar-refractivity contribution in [1.82, 2.24) is 25.5 Å². The van der Waals surface area contributed by atoms with Gasteiger partial charge in [-0.05, 0) is 50.5 Å². The molecular formula is C29H44N8O2. The van der Waals surface area contributed by atoms with Crippen LogP contribution in [-0.2, 0) is 11.3 Å². The highest BCUT2D eigenvalue weighted by atomic mass is 16.2. The van der Waals surface area contributed by atoms with E-state index in [1.165, 1.54) is 5.56 Å². The molecule has 212 valence electrons. The highest BCUT2D eigenvalue weighted by Gasteiger charge is 2.23. The molecule has 2 amide bonds. The van der Waals surface area contributed by atoms with Gasteiger partial charge in [0.1, 0.15) is 11.4 Å². The monoisotopic (exact) mass is 536 g/mol. The smallest absolute Gasteiger partial charge is 0.256 e. The Kier molecular flexibility index (Phi) is 11.3. The van der Waals surface area contributed by atoms with Crippen LogP contribution in [0.4, 0.5) is 11.8 Å². The van der Waals surface area contributed by atoms with E-state index in [9.17, 15) is 9.59 Å². The first-order chi connectivity index (χ1) is 19.1. The predicted octanol–water partition coefficient (Wildman–Crippen LogP) is 2.88. The van der Waals surface area contributed by atoms with Crippen LogP contribution in [0.1, 0.15) is 73.7 Å². The summed E-state index contributed by atoms with van der Waals surface area (Å²) in [6.45, 7) is 4.89. The van der Waals surface area contributed by atoms with Gasteiger partial charge in [0.25, 0.3) is 5.91 Å². The van der Waals surface area contributed by atoms with Crippen LogP contribution >= 0.6 is 0 Å². The number of anilines is 2. The number of carbonyl (C=O) groups is 2. The maximum absolute atomic E-state index is 13.3. The molecule has 10 heteroatoms. The lowest BCUT2D eigenvalue weighted by atomic mass is 10.0. The topological polar surface area (TPSA) is 137 Å². The second kappa shape index (κ2) is 15.4. The average molecular weight is 537 g/mol. The van der Waals surface area contributed by atoms with Crippen molar-refractivity contribution >= 4 is 23.6 Å². The van der Waals surface area contributed by atoms with Crippen LogP contribution in [0.2, 0.25) is 0 Å². The SMILES string of the molecule is N[C@@H]1CCCCNc2nc(ncc2C(=O)NC2CCN(Cc3ccccc3)CC2)NCCCCCCNC1=O. The maximum Gasteiger partial charge on any atom is 0.256 e. The third kappa shape index (κ3) is 9.47. The van der Waals surface area contributed by atoms with Gasteiger partial charge in [0.15, 0.2) is 0 Å². The third-order valence-electron chi connectivity index (χ3n) is 7.46. The van der Waals surface area contributed by atoms with Gasteiger partial charge >= 0.3 is 0 Å². The van der Waals surface area contributed by atoms with E-state index < -0.39 is 6.04 Å². The molecule has 2 bridgehead atoms. The summed E-state index contributed by atoms with van der Waals surface area (Å²) >= 11 is 0. The molecule has 0 saturated carbocycles. The molecule has 1 saturated heterocycles. The molecule has 39 heavy (non-hydrogen) atoms. The minimum Gasteiger partial charge on any atom is -0.369 e. The molecule has 0 aliphatic carbocycles. The number of likely N-dealkylation sites (tertiary alicyclic amines) is 1. The summed E-state index contributed by atoms with van der Waals surface area (Å²) in [6, 6.07) is 10.1. The van der Waals surface area contributed by atoms with Gasteiger partial charge in [0.05, 0.1) is 6.04 Å². The molecule has 1 fully saturated rings. The highest BCUT2D eigenvalue weighted by molar-refractivity contribution is 5.98. The summed E-state index contributed by atoms with van der Waals surface area (Å²) in [6.07, 6.45) is 9.70. The standard InChI is InChI=1S/C29H44N8O2/c30-25-12-6-9-15-31-26-24(20-34-29(36-26)33-17-8-2-1-7-16-32-28(25)39)27(38)35-23-13-18-37(19-14-23)21-22-10-4-3-5-11-22/h3-5,10-11,20,23,25H,1-2,6-9,12-19,21,30H2,(H,32,39)(H,35,38)(H2,31,33,34,36)/t25-/m1/s1. The lowest BCUT2D eigenvalue weighted by Gasteiger charge is -2.32. The predicted molar refractivity (Wildman–Crippen MR) is 155 cm³/mol. The van der Waals surface area contributed by atoms with Crippen molar-refractivity contribution in [2.24, 2.45) is 5.73 Å². The zero-order valence-electron chi connectivity index (χ0n) is 23.0. The number of fused-ring (bicyclic) bond motifs is 2. The number of carbonyl (C=O) groups excluding carboxylic acids is 2. The van der Waals surface area contributed by atoms with E-state index in [1.807, 2.05) is 6.07 Å². The third-order valence-corrected chi connectivity index (χ3v) is 7.46. The van der Waals surface area contributed by atoms with E-state index in [0.717, 1.165) is 77.5 Å². The second-order valence-corrected chi connectivity index (χ2v) is 10.6. The number of amides is 2. The molecule has 0 radical (unpaired) electrons. The van der Waals surface area contributed by atoms with Gasteiger partial charge in [-0.2, -0.15) is 4.98 Å². The van der Waals surface area contributed by atoms with Gasteiger partial charge < -0.3 is 27.0 Å². The summed E-state index contributed by atoms with van der Waals surface area (Å²) in [5.41, 5.74) is 7.83. The number of nitrogens with zero attached hydrogens (tertiary/aromatic N) is 3. The molecule has 6 N–H and O–H groups in total. The Hall–Kier alpha value is -3.24. The number of piperidine rings is 1. The van der Waals surface area contributed by atoms with Crippen LogP contribution < -0.4 is 27.0 Å². The van der Waals surface area contributed by atoms with Crippen LogP contribution in [0.3, 0.4) is 0 Å². The van der Waals surface area contributed by atoms with E-state index in [4.69, 9.17) is 5.73 Å². The molecule has 2 aliphatic rings. The molecule has 2 aromatic rings. The molecule has 0 spiro atoms. The maximum atomic E-state index is 13.3. The average Bonchev–Trinajstić information content (AvgIpc) is 2.95. The van der Waals surface area contributed by atoms with E-state index in [-0.39, 0.29) is 17.9 Å². The van der Waals surface area contributed by atoms with Gasteiger partial charge in [0, 0.05) is 51.5 Å². The fourth-order valence-corrected chi connectivity index (χ4v) is 5.08. The van der Waals surface area contributed by atoms with Gasteiger partial charge in [-0.25, -0.2) is 4.98 Å². The zero-order valence-corrected chi connectivity index (χ0v) is 23.0. The van der Waals surface area contributed by atoms with Gasteiger partial charge in [-0.15, -0.1) is 0 Å². The minimum atomic E-state index is -0.487. The van der Waals surface area contributed by atoms with E-state index in [2.05, 4.69) is 60.4 Å². The molecular weight excluding hydrogens is 492 g/mol. The summed E-state index contributed by atoms with van der Waals surface area (Å²) in [5, 5.41) is 12.8. The first-order valence-electron chi connectivity index (χ1n) is 14.5. The first-order valence-corrected chi connectivity index (χ1v) is 14.5. The van der Waals surface area contributed by atoms with Crippen molar-refractivity contribution in [3.05, 3.63) is 47.7 Å². The lowest BCUT2D eigenvalue weighted by molar-refractivity contribution is -0.122. The fourth-order valence-electron chi connectivity index (χ4n) is 5.08. The zero-order chi connectivity index (χ0) is 27.3. The Morgan fingerprint density at radius 1 is 0.923 bits per heavy atom. The van der Waals surface area contributed by atoms with Crippen molar-refractivity contribution < 1.29 is 9.59 Å². The quantitative estimate of drug-likeness (QED) is 0.402. The van der Waals surface area contributed by atoms with Crippen molar-refractivity contribution in [2.45, 2.75) is 76.4 Å². The number of hydrogen-bond acceptors (Lipinski definition) is 8. The van der Waals surface area contributed by atoms with Gasteiger partial charge in [-0.1, -0.05) is 43.2 Å². The number of rotatable bonds is 4. The van der Waals surface area contributed by atoms with Crippen LogP contribution in [-0.4, -0.2) is 71.5 Å². The molecule has 2 aliphatic heterocycles. The summed E-state index contributed by atoms with van der Waals surface area (Å²) in [4.78, 5) is 37.0. The van der Waals surface area contributed by atoms with Crippen LogP contribution in [0.25, 0.3) is 0 Å². The number of aromatic nitrogens is 2. The van der Waals surface area contributed by atoms with Crippen LogP contribution in [0, 0.1) is 0 Å². The normalized spacial score (nSPS) is 20.9. The molecule has 3 heterocycles. The number of nitrogens with one attached hydrogen (secondary N) is 4. The Morgan fingerprint density at radius 3 is 2.38 bits per heavy atom. The molecule has 1 aromatic heterocycles. The molecule has 1 aromatic carbocycles.